The second kappa shape index (κ2) is 6.90. The summed E-state index contributed by atoms with van der Waals surface area (Å²) in [6.45, 7) is 3.31. The van der Waals surface area contributed by atoms with Crippen LogP contribution in [0.1, 0.15) is 16.1 Å². The molecule has 7 heteroatoms. The average molecular weight is 337 g/mol. The van der Waals surface area contributed by atoms with Crippen molar-refractivity contribution >= 4 is 17.4 Å². The lowest BCUT2D eigenvalue weighted by Crippen LogP contribution is -2.37. The van der Waals surface area contributed by atoms with Gasteiger partial charge in [-0.25, -0.2) is 9.97 Å². The Balaban J connectivity index is 1.42. The van der Waals surface area contributed by atoms with Crippen LogP contribution in [0.4, 0.5) is 5.95 Å². The Kier molecular flexibility index (Phi) is 4.30. The predicted octanol–water partition coefficient (Wildman–Crippen LogP) is 1.50. The van der Waals surface area contributed by atoms with E-state index >= 15 is 0 Å². The van der Waals surface area contributed by atoms with Crippen molar-refractivity contribution in [2.24, 2.45) is 0 Å². The van der Waals surface area contributed by atoms with Gasteiger partial charge >= 0.3 is 0 Å². The maximum absolute atomic E-state index is 12.4. The number of hydrogen-bond acceptors (Lipinski definition) is 5. The smallest absolute Gasteiger partial charge is 0.253 e. The van der Waals surface area contributed by atoms with Crippen molar-refractivity contribution in [3.8, 4) is 0 Å². The maximum atomic E-state index is 12.4. The molecule has 0 bridgehead atoms. The quantitative estimate of drug-likeness (QED) is 0.781. The molecule has 3 aromatic rings. The lowest BCUT2D eigenvalue weighted by molar-refractivity contribution is 0.0950. The topological polar surface area (TPSA) is 71.8 Å². The number of morpholine rings is 1. The number of pyridine rings is 1. The van der Waals surface area contributed by atoms with Gasteiger partial charge in [-0.3, -0.25) is 4.79 Å². The first-order chi connectivity index (χ1) is 12.3. The molecule has 0 atom stereocenters. The summed E-state index contributed by atoms with van der Waals surface area (Å²) in [5.74, 6) is 0.569. The molecule has 0 unspecified atom stereocenters. The number of carbonyl (C=O) groups excluding carboxylic acids is 1. The van der Waals surface area contributed by atoms with E-state index in [9.17, 15) is 4.79 Å². The van der Waals surface area contributed by atoms with Crippen LogP contribution in [0.15, 0.2) is 48.9 Å². The normalized spacial score (nSPS) is 14.6. The number of amides is 1. The van der Waals surface area contributed by atoms with E-state index in [1.807, 2.05) is 47.1 Å². The second-order valence-corrected chi connectivity index (χ2v) is 5.89. The first-order valence-electron chi connectivity index (χ1n) is 8.29. The minimum absolute atomic E-state index is 0.116. The van der Waals surface area contributed by atoms with E-state index in [0.717, 1.165) is 24.3 Å². The largest absolute Gasteiger partial charge is 0.378 e. The highest BCUT2D eigenvalue weighted by Gasteiger charge is 2.14. The summed E-state index contributed by atoms with van der Waals surface area (Å²) in [6, 6.07) is 9.54. The van der Waals surface area contributed by atoms with Crippen LogP contribution < -0.4 is 10.2 Å². The fourth-order valence-corrected chi connectivity index (χ4v) is 2.85. The molecular formula is C18H19N5O2. The van der Waals surface area contributed by atoms with Gasteiger partial charge in [-0.1, -0.05) is 6.07 Å². The molecule has 0 aromatic carbocycles. The molecule has 1 saturated heterocycles. The van der Waals surface area contributed by atoms with Crippen LogP contribution in [0.25, 0.3) is 5.52 Å². The number of anilines is 1. The first kappa shape index (κ1) is 15.6. The molecule has 1 aliphatic rings. The number of fused-ring (bicyclic) bond motifs is 1. The molecule has 7 nitrogen and oxygen atoms in total. The molecule has 0 saturated carbocycles. The number of ether oxygens (including phenoxy) is 1. The Morgan fingerprint density at radius 1 is 1.24 bits per heavy atom. The van der Waals surface area contributed by atoms with Crippen molar-refractivity contribution in [1.29, 1.82) is 0 Å². The van der Waals surface area contributed by atoms with E-state index < -0.39 is 0 Å². The number of rotatable bonds is 4. The Bertz CT molecular complexity index is 853. The molecule has 3 aromatic heterocycles. The minimum atomic E-state index is -0.116. The van der Waals surface area contributed by atoms with Crippen molar-refractivity contribution in [2.45, 2.75) is 6.54 Å². The fraction of sp³-hybridized carbons (Fsp3) is 0.278. The van der Waals surface area contributed by atoms with E-state index in [1.54, 1.807) is 6.20 Å². The van der Waals surface area contributed by atoms with Crippen molar-refractivity contribution in [2.75, 3.05) is 31.2 Å². The van der Waals surface area contributed by atoms with Gasteiger partial charge in [0.05, 0.1) is 31.0 Å². The van der Waals surface area contributed by atoms with Gasteiger partial charge in [0.1, 0.15) is 0 Å². The molecule has 1 amide bonds. The van der Waals surface area contributed by atoms with Crippen LogP contribution in [-0.4, -0.2) is 46.6 Å². The molecule has 1 N–H and O–H groups in total. The fourth-order valence-electron chi connectivity index (χ4n) is 2.85. The molecule has 4 rings (SSSR count). The lowest BCUT2D eigenvalue weighted by Gasteiger charge is -2.26. The summed E-state index contributed by atoms with van der Waals surface area (Å²) in [7, 11) is 0. The number of nitrogens with zero attached hydrogens (tertiary/aromatic N) is 4. The SMILES string of the molecule is O=C(NCc1ccnc(N2CCOCC2)n1)c1cc2ccccn2c1. The van der Waals surface area contributed by atoms with Crippen molar-refractivity contribution in [1.82, 2.24) is 19.7 Å². The summed E-state index contributed by atoms with van der Waals surface area (Å²) in [6.07, 6.45) is 5.47. The van der Waals surface area contributed by atoms with Gasteiger partial charge in [0.2, 0.25) is 5.95 Å². The zero-order chi connectivity index (χ0) is 17.1. The maximum Gasteiger partial charge on any atom is 0.253 e. The average Bonchev–Trinajstić information content (AvgIpc) is 3.11. The Morgan fingerprint density at radius 3 is 2.96 bits per heavy atom. The van der Waals surface area contributed by atoms with Crippen molar-refractivity contribution < 1.29 is 9.53 Å². The van der Waals surface area contributed by atoms with Gasteiger partial charge in [0.25, 0.3) is 5.91 Å². The molecule has 128 valence electrons. The lowest BCUT2D eigenvalue weighted by atomic mass is 10.3. The zero-order valence-corrected chi connectivity index (χ0v) is 13.8. The third-order valence-electron chi connectivity index (χ3n) is 4.19. The highest BCUT2D eigenvalue weighted by atomic mass is 16.5. The summed E-state index contributed by atoms with van der Waals surface area (Å²) in [5.41, 5.74) is 2.41. The molecular weight excluding hydrogens is 318 g/mol. The van der Waals surface area contributed by atoms with Crippen LogP contribution in [0.3, 0.4) is 0 Å². The number of nitrogens with one attached hydrogen (secondary N) is 1. The highest BCUT2D eigenvalue weighted by Crippen LogP contribution is 2.11. The molecule has 25 heavy (non-hydrogen) atoms. The van der Waals surface area contributed by atoms with Gasteiger partial charge in [-0.05, 0) is 24.3 Å². The number of aromatic nitrogens is 3. The molecule has 4 heterocycles. The van der Waals surface area contributed by atoms with Crippen LogP contribution in [0.2, 0.25) is 0 Å². The van der Waals surface area contributed by atoms with Gasteiger partial charge in [-0.2, -0.15) is 0 Å². The summed E-state index contributed by atoms with van der Waals surface area (Å²) >= 11 is 0. The van der Waals surface area contributed by atoms with Crippen molar-refractivity contribution in [3.05, 3.63) is 60.2 Å². The minimum Gasteiger partial charge on any atom is -0.378 e. The van der Waals surface area contributed by atoms with Crippen LogP contribution in [-0.2, 0) is 11.3 Å². The molecule has 1 fully saturated rings. The number of hydrogen-bond donors (Lipinski definition) is 1. The van der Waals surface area contributed by atoms with E-state index in [4.69, 9.17) is 4.74 Å². The monoisotopic (exact) mass is 337 g/mol. The van der Waals surface area contributed by atoms with Crippen LogP contribution in [0.5, 0.6) is 0 Å². The van der Waals surface area contributed by atoms with Gasteiger partial charge in [0.15, 0.2) is 0 Å². The predicted molar refractivity (Wildman–Crippen MR) is 93.6 cm³/mol. The summed E-state index contributed by atoms with van der Waals surface area (Å²) < 4.78 is 7.27. The summed E-state index contributed by atoms with van der Waals surface area (Å²) in [4.78, 5) is 23.3. The molecule has 1 aliphatic heterocycles. The standard InChI is InChI=1S/C18H19N5O2/c24-17(14-11-16-3-1-2-6-23(16)13-14)20-12-15-4-5-19-18(21-15)22-7-9-25-10-8-22/h1-6,11,13H,7-10,12H2,(H,20,24). The van der Waals surface area contributed by atoms with Crippen LogP contribution in [0, 0.1) is 0 Å². The van der Waals surface area contributed by atoms with Crippen LogP contribution >= 0.6 is 0 Å². The van der Waals surface area contributed by atoms with Crippen molar-refractivity contribution in [3.63, 3.8) is 0 Å². The second-order valence-electron chi connectivity index (χ2n) is 5.89. The van der Waals surface area contributed by atoms with Gasteiger partial charge in [0, 0.05) is 37.2 Å². The number of carbonyl (C=O) groups is 1. The third kappa shape index (κ3) is 3.46. The van der Waals surface area contributed by atoms with E-state index in [0.29, 0.717) is 31.3 Å². The third-order valence-corrected chi connectivity index (χ3v) is 4.19. The molecule has 0 spiro atoms. The van der Waals surface area contributed by atoms with E-state index in [1.165, 1.54) is 0 Å². The Morgan fingerprint density at radius 2 is 2.12 bits per heavy atom. The van der Waals surface area contributed by atoms with E-state index in [-0.39, 0.29) is 5.91 Å². The summed E-state index contributed by atoms with van der Waals surface area (Å²) in [5, 5.41) is 2.92. The Labute approximate surface area is 145 Å². The van der Waals surface area contributed by atoms with Gasteiger partial charge < -0.3 is 19.4 Å². The zero-order valence-electron chi connectivity index (χ0n) is 13.8. The van der Waals surface area contributed by atoms with Gasteiger partial charge in [-0.15, -0.1) is 0 Å². The van der Waals surface area contributed by atoms with E-state index in [2.05, 4.69) is 20.2 Å². The Hall–Kier alpha value is -2.93. The highest BCUT2D eigenvalue weighted by molar-refractivity contribution is 5.95. The molecule has 0 radical (unpaired) electrons. The molecule has 0 aliphatic carbocycles. The first-order valence-corrected chi connectivity index (χ1v) is 8.29.